The number of amides is 1. The van der Waals surface area contributed by atoms with E-state index in [0.29, 0.717) is 12.8 Å². The molecule has 19 nitrogen and oxygen atoms in total. The molecular formula is C71H131NO18. The van der Waals surface area contributed by atoms with Crippen molar-refractivity contribution in [3.63, 3.8) is 0 Å². The molecule has 3 fully saturated rings. The number of carbonyl (C=O) groups is 1. The minimum absolute atomic E-state index is 0.236. The molecule has 528 valence electrons. The Balaban J connectivity index is 1.39. The van der Waals surface area contributed by atoms with Crippen LogP contribution in [0.5, 0.6) is 0 Å². The van der Waals surface area contributed by atoms with Gasteiger partial charge in [0.05, 0.1) is 38.6 Å². The number of rotatable bonds is 56. The van der Waals surface area contributed by atoms with Crippen molar-refractivity contribution in [3.05, 3.63) is 36.5 Å². The quantitative estimate of drug-likeness (QED) is 0.0199. The lowest BCUT2D eigenvalue weighted by atomic mass is 9.96. The van der Waals surface area contributed by atoms with Crippen molar-refractivity contribution in [3.8, 4) is 0 Å². The third kappa shape index (κ3) is 34.6. The molecule has 0 aromatic carbocycles. The highest BCUT2D eigenvalue weighted by atomic mass is 16.8. The first kappa shape index (κ1) is 82.2. The number of aliphatic hydroxyl groups excluding tert-OH is 11. The van der Waals surface area contributed by atoms with Gasteiger partial charge in [-0.05, 0) is 44.9 Å². The zero-order chi connectivity index (χ0) is 65.4. The fourth-order valence-electron chi connectivity index (χ4n) is 12.3. The van der Waals surface area contributed by atoms with Gasteiger partial charge in [-0.1, -0.05) is 262 Å². The molecular weight excluding hydrogens is 1150 g/mol. The van der Waals surface area contributed by atoms with Crippen LogP contribution in [0, 0.1) is 0 Å². The Kier molecular flexibility index (Phi) is 48.6. The molecule has 0 spiro atoms. The third-order valence-corrected chi connectivity index (χ3v) is 18.2. The normalized spacial score (nSPS) is 28.2. The molecule has 3 heterocycles. The maximum absolute atomic E-state index is 13.4. The first-order valence-electron chi connectivity index (χ1n) is 36.2. The van der Waals surface area contributed by atoms with E-state index < -0.39 is 124 Å². The first-order valence-corrected chi connectivity index (χ1v) is 36.2. The molecule has 12 N–H and O–H groups in total. The van der Waals surface area contributed by atoms with Crippen LogP contribution in [0.25, 0.3) is 0 Å². The van der Waals surface area contributed by atoms with E-state index in [9.17, 15) is 61.0 Å². The van der Waals surface area contributed by atoms with Gasteiger partial charge >= 0.3 is 0 Å². The highest BCUT2D eigenvalue weighted by molar-refractivity contribution is 5.76. The van der Waals surface area contributed by atoms with E-state index in [0.717, 1.165) is 44.9 Å². The van der Waals surface area contributed by atoms with Crippen molar-refractivity contribution >= 4 is 5.91 Å². The van der Waals surface area contributed by atoms with Crippen molar-refractivity contribution in [1.82, 2.24) is 5.32 Å². The van der Waals surface area contributed by atoms with Crippen LogP contribution >= 0.6 is 0 Å². The summed E-state index contributed by atoms with van der Waals surface area (Å²) in [7, 11) is 0. The van der Waals surface area contributed by atoms with E-state index >= 15 is 0 Å². The molecule has 3 aliphatic rings. The Morgan fingerprint density at radius 2 is 0.711 bits per heavy atom. The molecule has 0 aromatic heterocycles. The van der Waals surface area contributed by atoms with Gasteiger partial charge in [0.1, 0.15) is 73.2 Å². The molecule has 0 radical (unpaired) electrons. The zero-order valence-corrected chi connectivity index (χ0v) is 55.9. The summed E-state index contributed by atoms with van der Waals surface area (Å²) in [6, 6.07) is -0.994. The summed E-state index contributed by atoms with van der Waals surface area (Å²) in [4.78, 5) is 13.4. The van der Waals surface area contributed by atoms with Crippen LogP contribution in [0.3, 0.4) is 0 Å². The zero-order valence-electron chi connectivity index (χ0n) is 55.9. The topological polar surface area (TPSA) is 307 Å². The van der Waals surface area contributed by atoms with Crippen LogP contribution in [0.15, 0.2) is 36.5 Å². The number of unbranched alkanes of at least 4 members (excludes halogenated alkanes) is 36. The van der Waals surface area contributed by atoms with Crippen molar-refractivity contribution in [2.24, 2.45) is 0 Å². The Bertz CT molecular complexity index is 1780. The maximum atomic E-state index is 13.4. The molecule has 3 aliphatic heterocycles. The third-order valence-electron chi connectivity index (χ3n) is 18.2. The van der Waals surface area contributed by atoms with Crippen molar-refractivity contribution in [2.75, 3.05) is 26.4 Å². The maximum Gasteiger partial charge on any atom is 0.220 e. The molecule has 0 aliphatic carbocycles. The van der Waals surface area contributed by atoms with Gasteiger partial charge in [0.15, 0.2) is 18.9 Å². The lowest BCUT2D eigenvalue weighted by Crippen LogP contribution is -2.66. The van der Waals surface area contributed by atoms with Crippen LogP contribution in [0.2, 0.25) is 0 Å². The van der Waals surface area contributed by atoms with E-state index in [1.165, 1.54) is 199 Å². The van der Waals surface area contributed by atoms with E-state index in [4.69, 9.17) is 28.4 Å². The summed E-state index contributed by atoms with van der Waals surface area (Å²) in [5, 5.41) is 120. The second-order valence-electron chi connectivity index (χ2n) is 26.0. The van der Waals surface area contributed by atoms with Gasteiger partial charge in [-0.25, -0.2) is 0 Å². The number of allylic oxidation sites excluding steroid dienone is 5. The fourth-order valence-corrected chi connectivity index (χ4v) is 12.3. The average Bonchev–Trinajstić information content (AvgIpc) is 1.05. The predicted molar refractivity (Wildman–Crippen MR) is 351 cm³/mol. The summed E-state index contributed by atoms with van der Waals surface area (Å²) < 4.78 is 34.3. The highest BCUT2D eigenvalue weighted by Gasteiger charge is 2.53. The SMILES string of the molecule is CCCCCCCC/C=C/CC/C=C/CC/C=C/C(O)C(COC1OC(CO)C(OC2OC(CO)C(OC3OC(CO)C(O)C(O)C3O)C(O)C2O)C(O)C1O)NC(=O)CCCCCCCCCCCCCCCCCCCCCCCCCCCCCCC. The van der Waals surface area contributed by atoms with Crippen LogP contribution in [0.4, 0.5) is 0 Å². The van der Waals surface area contributed by atoms with Crippen molar-refractivity contribution in [1.29, 1.82) is 0 Å². The summed E-state index contributed by atoms with van der Waals surface area (Å²) in [6.45, 7) is 1.72. The Morgan fingerprint density at radius 3 is 1.11 bits per heavy atom. The van der Waals surface area contributed by atoms with Gasteiger partial charge in [-0.3, -0.25) is 4.79 Å². The van der Waals surface area contributed by atoms with E-state index in [1.807, 2.05) is 6.08 Å². The minimum atomic E-state index is -1.98. The summed E-state index contributed by atoms with van der Waals surface area (Å²) in [5.41, 5.74) is 0. The number of nitrogens with one attached hydrogen (secondary N) is 1. The van der Waals surface area contributed by atoms with Gasteiger partial charge in [-0.15, -0.1) is 0 Å². The highest BCUT2D eigenvalue weighted by Crippen LogP contribution is 2.33. The monoisotopic (exact) mass is 1290 g/mol. The van der Waals surface area contributed by atoms with Crippen molar-refractivity contribution < 1.29 is 89.4 Å². The Hall–Kier alpha value is -1.99. The van der Waals surface area contributed by atoms with Gasteiger partial charge in [0.2, 0.25) is 5.91 Å². The Labute approximate surface area is 542 Å². The molecule has 0 saturated carbocycles. The van der Waals surface area contributed by atoms with E-state index in [2.05, 4.69) is 43.5 Å². The second kappa shape index (κ2) is 53.2. The molecule has 0 bridgehead atoms. The van der Waals surface area contributed by atoms with Crippen LogP contribution in [0.1, 0.15) is 277 Å². The van der Waals surface area contributed by atoms with E-state index in [-0.39, 0.29) is 18.9 Å². The second-order valence-corrected chi connectivity index (χ2v) is 26.0. The van der Waals surface area contributed by atoms with E-state index in [1.54, 1.807) is 6.08 Å². The standard InChI is InChI=1S/C71H131NO18/c1-3-5-7-9-11-13-15-17-19-21-22-23-24-25-26-27-28-29-30-31-32-33-35-37-39-41-43-45-47-49-59(77)72-54(55(76)48-46-44-42-40-38-36-34-20-18-16-14-12-10-8-6-4-2)53-85-69-65(83)62(80)67(57(51-74)87-69)90-71-66(84)63(81)68(58(52-75)88-71)89-70-64(82)61(79)60(78)56(50-73)86-70/h18,20,38,40,46,48,54-58,60-71,73-76,78-84H,3-17,19,21-37,39,41-45,47,49-53H2,1-2H3,(H,72,77)/b20-18+,40-38+,48-46+. The fraction of sp³-hybridized carbons (Fsp3) is 0.901. The summed E-state index contributed by atoms with van der Waals surface area (Å²) in [5.74, 6) is -0.285. The number of ether oxygens (including phenoxy) is 6. The lowest BCUT2D eigenvalue weighted by Gasteiger charge is -2.48. The molecule has 19 heteroatoms. The predicted octanol–water partition coefficient (Wildman–Crippen LogP) is 10.00. The first-order chi connectivity index (χ1) is 43.8. The molecule has 17 atom stereocenters. The average molecular weight is 1290 g/mol. The smallest absolute Gasteiger partial charge is 0.220 e. The van der Waals surface area contributed by atoms with Gasteiger partial charge in [0.25, 0.3) is 0 Å². The molecule has 0 aromatic rings. The van der Waals surface area contributed by atoms with Gasteiger partial charge < -0.3 is 89.9 Å². The molecule has 3 rings (SSSR count). The van der Waals surface area contributed by atoms with Crippen LogP contribution < -0.4 is 5.32 Å². The largest absolute Gasteiger partial charge is 0.394 e. The van der Waals surface area contributed by atoms with Crippen molar-refractivity contribution in [2.45, 2.75) is 381 Å². The number of hydrogen-bond acceptors (Lipinski definition) is 18. The van der Waals surface area contributed by atoms with Crippen LogP contribution in [-0.4, -0.2) is 193 Å². The van der Waals surface area contributed by atoms with Crippen LogP contribution in [-0.2, 0) is 33.2 Å². The number of hydrogen-bond donors (Lipinski definition) is 12. The summed E-state index contributed by atoms with van der Waals surface area (Å²) >= 11 is 0. The molecule has 17 unspecified atom stereocenters. The summed E-state index contributed by atoms with van der Waals surface area (Å²) in [6.07, 6.45) is 35.7. The number of carbonyl (C=O) groups excluding carboxylic acids is 1. The van der Waals surface area contributed by atoms with Gasteiger partial charge in [0, 0.05) is 6.42 Å². The lowest BCUT2D eigenvalue weighted by molar-refractivity contribution is -0.379. The minimum Gasteiger partial charge on any atom is -0.394 e. The molecule has 3 saturated heterocycles. The molecule has 1 amide bonds. The van der Waals surface area contributed by atoms with Gasteiger partial charge in [-0.2, -0.15) is 0 Å². The molecule has 90 heavy (non-hydrogen) atoms. The number of aliphatic hydroxyl groups is 11. The Morgan fingerprint density at radius 1 is 0.389 bits per heavy atom.